The third-order valence-electron chi connectivity index (χ3n) is 4.44. The molecule has 0 N–H and O–H groups in total. The van der Waals surface area contributed by atoms with Crippen LogP contribution < -0.4 is 4.90 Å². The maximum Gasteiger partial charge on any atom is 0.244 e. The average Bonchev–Trinajstić information content (AvgIpc) is 3.05. The van der Waals surface area contributed by atoms with Crippen LogP contribution in [0.15, 0.2) is 28.8 Å². The van der Waals surface area contributed by atoms with E-state index in [-0.39, 0.29) is 17.8 Å². The number of rotatable bonds is 4. The van der Waals surface area contributed by atoms with Crippen LogP contribution in [-0.2, 0) is 11.3 Å². The number of likely N-dealkylation sites (N-methyl/N-ethyl adjacent to an activating group) is 1. The predicted octanol–water partition coefficient (Wildman–Crippen LogP) is 2.67. The van der Waals surface area contributed by atoms with Gasteiger partial charge in [0.25, 0.3) is 0 Å². The second-order valence-corrected chi connectivity index (χ2v) is 5.96. The van der Waals surface area contributed by atoms with E-state index in [1.165, 1.54) is 11.0 Å². The van der Waals surface area contributed by atoms with Gasteiger partial charge < -0.3 is 9.42 Å². The third kappa shape index (κ3) is 2.86. The Morgan fingerprint density at radius 3 is 2.78 bits per heavy atom. The Morgan fingerprint density at radius 1 is 1.39 bits per heavy atom. The Bertz CT molecular complexity index is 709. The SMILES string of the molecule is Cc1noc(C)c1CN(C)[C@H]1CCN(c2ccccc2F)C1=O. The van der Waals surface area contributed by atoms with E-state index in [2.05, 4.69) is 5.16 Å². The number of carbonyl (C=O) groups is 1. The van der Waals surface area contributed by atoms with Crippen molar-refractivity contribution in [1.82, 2.24) is 10.1 Å². The lowest BCUT2D eigenvalue weighted by Crippen LogP contribution is -2.39. The number of hydrogen-bond donors (Lipinski definition) is 0. The van der Waals surface area contributed by atoms with Gasteiger partial charge in [0, 0.05) is 18.7 Å². The molecule has 0 saturated carbocycles. The molecule has 2 heterocycles. The molecule has 1 aliphatic heterocycles. The molecule has 6 heteroatoms. The summed E-state index contributed by atoms with van der Waals surface area (Å²) in [6.07, 6.45) is 0.674. The molecule has 1 aliphatic rings. The monoisotopic (exact) mass is 317 g/mol. The fourth-order valence-electron chi connectivity index (χ4n) is 3.07. The summed E-state index contributed by atoms with van der Waals surface area (Å²) < 4.78 is 19.1. The molecular formula is C17H20FN3O2. The smallest absolute Gasteiger partial charge is 0.244 e. The number of halogens is 1. The zero-order valence-electron chi connectivity index (χ0n) is 13.5. The number of aryl methyl sites for hydroxylation is 2. The minimum Gasteiger partial charge on any atom is -0.361 e. The molecule has 0 spiro atoms. The van der Waals surface area contributed by atoms with Gasteiger partial charge in [0.05, 0.1) is 17.4 Å². The largest absolute Gasteiger partial charge is 0.361 e. The van der Waals surface area contributed by atoms with Crippen molar-refractivity contribution in [1.29, 1.82) is 0 Å². The van der Waals surface area contributed by atoms with Gasteiger partial charge in [-0.1, -0.05) is 17.3 Å². The third-order valence-corrected chi connectivity index (χ3v) is 4.44. The summed E-state index contributed by atoms with van der Waals surface area (Å²) in [5, 5.41) is 3.94. The first-order valence-electron chi connectivity index (χ1n) is 7.67. The predicted molar refractivity (Wildman–Crippen MR) is 84.6 cm³/mol. The molecule has 1 atom stereocenters. The van der Waals surface area contributed by atoms with Gasteiger partial charge in [0.15, 0.2) is 0 Å². The molecule has 3 rings (SSSR count). The Kier molecular flexibility index (Phi) is 4.17. The van der Waals surface area contributed by atoms with Crippen LogP contribution in [0.4, 0.5) is 10.1 Å². The normalized spacial score (nSPS) is 18.2. The lowest BCUT2D eigenvalue weighted by atomic mass is 10.1. The van der Waals surface area contributed by atoms with E-state index in [0.717, 1.165) is 17.0 Å². The molecule has 1 amide bonds. The molecule has 0 radical (unpaired) electrons. The molecule has 1 aromatic heterocycles. The lowest BCUT2D eigenvalue weighted by molar-refractivity contribution is -0.121. The van der Waals surface area contributed by atoms with Gasteiger partial charge in [0.1, 0.15) is 11.6 Å². The molecule has 0 aliphatic carbocycles. The summed E-state index contributed by atoms with van der Waals surface area (Å²) >= 11 is 0. The molecule has 1 aromatic carbocycles. The van der Waals surface area contributed by atoms with Crippen LogP contribution in [0.3, 0.4) is 0 Å². The van der Waals surface area contributed by atoms with E-state index >= 15 is 0 Å². The van der Waals surface area contributed by atoms with E-state index in [9.17, 15) is 9.18 Å². The summed E-state index contributed by atoms with van der Waals surface area (Å²) in [6.45, 7) is 4.87. The molecule has 1 saturated heterocycles. The molecule has 0 bridgehead atoms. The Balaban J connectivity index is 1.75. The van der Waals surface area contributed by atoms with Crippen LogP contribution in [0.2, 0.25) is 0 Å². The van der Waals surface area contributed by atoms with Crippen LogP contribution in [0.25, 0.3) is 0 Å². The average molecular weight is 317 g/mol. The molecule has 1 fully saturated rings. The van der Waals surface area contributed by atoms with E-state index in [4.69, 9.17) is 4.52 Å². The Labute approximate surface area is 134 Å². The molecule has 5 nitrogen and oxygen atoms in total. The van der Waals surface area contributed by atoms with Crippen molar-refractivity contribution in [2.45, 2.75) is 32.9 Å². The summed E-state index contributed by atoms with van der Waals surface area (Å²) in [4.78, 5) is 16.2. The van der Waals surface area contributed by atoms with Crippen molar-refractivity contribution >= 4 is 11.6 Å². The minimum absolute atomic E-state index is 0.0654. The zero-order valence-corrected chi connectivity index (χ0v) is 13.5. The number of aromatic nitrogens is 1. The highest BCUT2D eigenvalue weighted by atomic mass is 19.1. The van der Waals surface area contributed by atoms with Crippen LogP contribution >= 0.6 is 0 Å². The topological polar surface area (TPSA) is 49.6 Å². The van der Waals surface area contributed by atoms with Crippen molar-refractivity contribution < 1.29 is 13.7 Å². The minimum atomic E-state index is -0.366. The number of para-hydroxylation sites is 1. The molecule has 23 heavy (non-hydrogen) atoms. The quantitative estimate of drug-likeness (QED) is 0.870. The van der Waals surface area contributed by atoms with Gasteiger partial charge in [-0.3, -0.25) is 9.69 Å². The lowest BCUT2D eigenvalue weighted by Gasteiger charge is -2.23. The van der Waals surface area contributed by atoms with E-state index in [1.54, 1.807) is 18.2 Å². The molecule has 122 valence electrons. The fraction of sp³-hybridized carbons (Fsp3) is 0.412. The van der Waals surface area contributed by atoms with E-state index < -0.39 is 0 Å². The summed E-state index contributed by atoms with van der Waals surface area (Å²) in [6, 6.07) is 6.13. The highest BCUT2D eigenvalue weighted by Gasteiger charge is 2.36. The maximum absolute atomic E-state index is 13.9. The number of hydrogen-bond acceptors (Lipinski definition) is 4. The van der Waals surface area contributed by atoms with Crippen LogP contribution in [-0.4, -0.2) is 35.6 Å². The van der Waals surface area contributed by atoms with Crippen LogP contribution in [0.1, 0.15) is 23.4 Å². The Morgan fingerprint density at radius 2 is 2.13 bits per heavy atom. The Hall–Kier alpha value is -2.21. The first-order chi connectivity index (χ1) is 11.0. The first-order valence-corrected chi connectivity index (χ1v) is 7.67. The van der Waals surface area contributed by atoms with Crippen molar-refractivity contribution in [2.75, 3.05) is 18.5 Å². The number of amides is 1. The highest BCUT2D eigenvalue weighted by molar-refractivity contribution is 5.99. The van der Waals surface area contributed by atoms with Crippen molar-refractivity contribution in [2.24, 2.45) is 0 Å². The number of anilines is 1. The van der Waals surface area contributed by atoms with Gasteiger partial charge in [-0.05, 0) is 39.4 Å². The second kappa shape index (κ2) is 6.12. The van der Waals surface area contributed by atoms with E-state index in [0.29, 0.717) is 25.2 Å². The molecular weight excluding hydrogens is 297 g/mol. The van der Waals surface area contributed by atoms with Crippen molar-refractivity contribution in [3.63, 3.8) is 0 Å². The van der Waals surface area contributed by atoms with Crippen LogP contribution in [0.5, 0.6) is 0 Å². The first kappa shape index (κ1) is 15.7. The molecule has 2 aromatic rings. The number of carbonyl (C=O) groups excluding carboxylic acids is 1. The van der Waals surface area contributed by atoms with E-state index in [1.807, 2.05) is 25.8 Å². The summed E-state index contributed by atoms with van der Waals surface area (Å²) in [5.74, 6) is 0.338. The number of benzene rings is 1. The second-order valence-electron chi connectivity index (χ2n) is 5.96. The van der Waals surface area contributed by atoms with Gasteiger partial charge in [0.2, 0.25) is 5.91 Å². The standard InChI is InChI=1S/C17H20FN3O2/c1-11-13(12(2)23-19-11)10-20(3)16-8-9-21(17(16)22)15-7-5-4-6-14(15)18/h4-7,16H,8-10H2,1-3H3/t16-/m0/s1. The van der Waals surface area contributed by atoms with Crippen LogP contribution in [0, 0.1) is 19.7 Å². The number of nitrogens with zero attached hydrogens (tertiary/aromatic N) is 3. The summed E-state index contributed by atoms with van der Waals surface area (Å²) in [5.41, 5.74) is 2.20. The highest BCUT2D eigenvalue weighted by Crippen LogP contribution is 2.27. The maximum atomic E-state index is 13.9. The van der Waals surface area contributed by atoms with Gasteiger partial charge in [-0.25, -0.2) is 4.39 Å². The van der Waals surface area contributed by atoms with Gasteiger partial charge in [-0.15, -0.1) is 0 Å². The fourth-order valence-corrected chi connectivity index (χ4v) is 3.07. The zero-order chi connectivity index (χ0) is 16.6. The van der Waals surface area contributed by atoms with Crippen molar-refractivity contribution in [3.05, 3.63) is 47.1 Å². The molecule has 0 unspecified atom stereocenters. The van der Waals surface area contributed by atoms with Crippen molar-refractivity contribution in [3.8, 4) is 0 Å². The van der Waals surface area contributed by atoms with Gasteiger partial charge in [-0.2, -0.15) is 0 Å². The summed E-state index contributed by atoms with van der Waals surface area (Å²) in [7, 11) is 1.90. The van der Waals surface area contributed by atoms with Gasteiger partial charge >= 0.3 is 0 Å².